The second kappa shape index (κ2) is 8.79. The zero-order valence-electron chi connectivity index (χ0n) is 16.6. The zero-order valence-corrected chi connectivity index (χ0v) is 16.6. The second-order valence-electron chi connectivity index (χ2n) is 8.24. The average molecular weight is 396 g/mol. The molecule has 0 radical (unpaired) electrons. The van der Waals surface area contributed by atoms with E-state index >= 15 is 0 Å². The van der Waals surface area contributed by atoms with Crippen molar-refractivity contribution in [2.45, 2.75) is 87.7 Å². The number of rotatable bonds is 8. The third-order valence-corrected chi connectivity index (χ3v) is 6.18. The molecule has 4 fully saturated rings. The van der Waals surface area contributed by atoms with Crippen LogP contribution in [0.25, 0.3) is 0 Å². The summed E-state index contributed by atoms with van der Waals surface area (Å²) in [7, 11) is 0. The van der Waals surface area contributed by atoms with E-state index in [1.54, 1.807) is 0 Å². The number of hydrogen-bond acceptors (Lipinski definition) is 7. The normalized spacial score (nSPS) is 33.1. The summed E-state index contributed by atoms with van der Waals surface area (Å²) in [6.45, 7) is 5.19. The summed E-state index contributed by atoms with van der Waals surface area (Å²) in [4.78, 5) is 11.1. The summed E-state index contributed by atoms with van der Waals surface area (Å²) in [6.07, 6.45) is 9.69. The fraction of sp³-hybridized carbons (Fsp3) is 0.857. The van der Waals surface area contributed by atoms with Crippen LogP contribution >= 0.6 is 0 Å². The third-order valence-electron chi connectivity index (χ3n) is 6.18. The first-order valence-corrected chi connectivity index (χ1v) is 10.7. The molecule has 2 saturated carbocycles. The molecule has 4 rings (SSSR count). The van der Waals surface area contributed by atoms with E-state index in [9.17, 15) is 4.79 Å². The van der Waals surface area contributed by atoms with Crippen LogP contribution in [0.4, 0.5) is 0 Å². The Morgan fingerprint density at radius 2 is 1.71 bits per heavy atom. The number of carbonyl (C=O) groups is 1. The maximum absolute atomic E-state index is 11.1. The predicted molar refractivity (Wildman–Crippen MR) is 99.6 cm³/mol. The molecule has 2 heterocycles. The highest BCUT2D eigenvalue weighted by molar-refractivity contribution is 5.81. The third kappa shape index (κ3) is 4.44. The molecule has 158 valence electrons. The molecule has 2 aliphatic carbocycles. The highest BCUT2D eigenvalue weighted by Crippen LogP contribution is 2.46. The monoisotopic (exact) mass is 396 g/mol. The van der Waals surface area contributed by atoms with Gasteiger partial charge in [0.05, 0.1) is 19.8 Å². The SMILES string of the molecule is C=CC(=O)OCCCOCC1OC2(CCCC2)OC1C1COC2(CCCC2)O1. The van der Waals surface area contributed by atoms with Crippen molar-refractivity contribution in [2.75, 3.05) is 26.4 Å². The molecule has 7 heteroatoms. The van der Waals surface area contributed by atoms with Crippen molar-refractivity contribution in [3.05, 3.63) is 12.7 Å². The van der Waals surface area contributed by atoms with Gasteiger partial charge in [-0.1, -0.05) is 6.58 Å². The number of ether oxygens (including phenoxy) is 6. The molecule has 7 nitrogen and oxygen atoms in total. The average Bonchev–Trinajstić information content (AvgIpc) is 3.49. The Bertz CT molecular complexity index is 551. The Balaban J connectivity index is 1.29. The minimum Gasteiger partial charge on any atom is -0.462 e. The molecule has 2 saturated heterocycles. The molecule has 0 aromatic carbocycles. The van der Waals surface area contributed by atoms with Gasteiger partial charge in [-0.15, -0.1) is 0 Å². The minimum atomic E-state index is -0.479. The predicted octanol–water partition coefficient (Wildman–Crippen LogP) is 2.86. The van der Waals surface area contributed by atoms with Gasteiger partial charge in [0, 0.05) is 44.8 Å². The van der Waals surface area contributed by atoms with E-state index in [0.29, 0.717) is 32.8 Å². The van der Waals surface area contributed by atoms with Crippen LogP contribution in [0.3, 0.4) is 0 Å². The van der Waals surface area contributed by atoms with Crippen molar-refractivity contribution in [3.8, 4) is 0 Å². The van der Waals surface area contributed by atoms with Crippen LogP contribution in [0, 0.1) is 0 Å². The first-order chi connectivity index (χ1) is 13.6. The first kappa shape index (κ1) is 20.3. The molecule has 0 N–H and O–H groups in total. The van der Waals surface area contributed by atoms with Crippen molar-refractivity contribution < 1.29 is 33.2 Å². The lowest BCUT2D eigenvalue weighted by atomic mass is 10.1. The molecular formula is C21H32O7. The lowest BCUT2D eigenvalue weighted by Crippen LogP contribution is -2.40. The van der Waals surface area contributed by atoms with E-state index in [1.165, 1.54) is 0 Å². The maximum atomic E-state index is 11.1. The quantitative estimate of drug-likeness (QED) is 0.355. The van der Waals surface area contributed by atoms with Crippen LogP contribution < -0.4 is 0 Å². The van der Waals surface area contributed by atoms with Gasteiger partial charge in [0.25, 0.3) is 0 Å². The molecule has 2 aliphatic heterocycles. The van der Waals surface area contributed by atoms with E-state index in [2.05, 4.69) is 6.58 Å². The van der Waals surface area contributed by atoms with Crippen molar-refractivity contribution in [3.63, 3.8) is 0 Å². The minimum absolute atomic E-state index is 0.111. The van der Waals surface area contributed by atoms with Gasteiger partial charge < -0.3 is 28.4 Å². The number of carbonyl (C=O) groups excluding carboxylic acids is 1. The smallest absolute Gasteiger partial charge is 0.330 e. The summed E-state index contributed by atoms with van der Waals surface area (Å²) in [5.74, 6) is -1.29. The van der Waals surface area contributed by atoms with Crippen LogP contribution in [0.2, 0.25) is 0 Å². The lowest BCUT2D eigenvalue weighted by molar-refractivity contribution is -0.195. The molecule has 3 atom stereocenters. The summed E-state index contributed by atoms with van der Waals surface area (Å²) in [5, 5.41) is 0. The fourth-order valence-corrected chi connectivity index (χ4v) is 4.80. The maximum Gasteiger partial charge on any atom is 0.330 e. The second-order valence-corrected chi connectivity index (χ2v) is 8.24. The Morgan fingerprint density at radius 3 is 2.43 bits per heavy atom. The molecule has 0 aromatic rings. The topological polar surface area (TPSA) is 72.5 Å². The van der Waals surface area contributed by atoms with Crippen LogP contribution in [-0.4, -0.2) is 62.3 Å². The Kier molecular flexibility index (Phi) is 6.37. The summed E-state index contributed by atoms with van der Waals surface area (Å²) in [5.41, 5.74) is 0. The van der Waals surface area contributed by atoms with Crippen LogP contribution in [0.1, 0.15) is 57.8 Å². The summed E-state index contributed by atoms with van der Waals surface area (Å²) in [6, 6.07) is 0. The molecule has 0 bridgehead atoms. The Hall–Kier alpha value is -0.990. The molecule has 2 spiro atoms. The first-order valence-electron chi connectivity index (χ1n) is 10.7. The standard InChI is InChI=1S/C21H32O7/c1-2-18(22)24-13-7-12-23-14-16-19(28-21(27-16)10-5-6-11-21)17-15-25-20(26-17)8-3-4-9-20/h2,16-17,19H,1,3-15H2. The summed E-state index contributed by atoms with van der Waals surface area (Å²) < 4.78 is 36.0. The molecule has 3 unspecified atom stereocenters. The van der Waals surface area contributed by atoms with Crippen molar-refractivity contribution >= 4 is 5.97 Å². The van der Waals surface area contributed by atoms with E-state index in [0.717, 1.165) is 57.4 Å². The Labute approximate surface area is 166 Å². The molecule has 28 heavy (non-hydrogen) atoms. The lowest BCUT2D eigenvalue weighted by Gasteiger charge is -2.26. The highest BCUT2D eigenvalue weighted by atomic mass is 16.8. The largest absolute Gasteiger partial charge is 0.462 e. The molecule has 4 aliphatic rings. The van der Waals surface area contributed by atoms with Gasteiger partial charge >= 0.3 is 5.97 Å². The van der Waals surface area contributed by atoms with Gasteiger partial charge in [-0.3, -0.25) is 0 Å². The van der Waals surface area contributed by atoms with Crippen molar-refractivity contribution in [1.29, 1.82) is 0 Å². The fourth-order valence-electron chi connectivity index (χ4n) is 4.80. The van der Waals surface area contributed by atoms with Crippen molar-refractivity contribution in [2.24, 2.45) is 0 Å². The van der Waals surface area contributed by atoms with Gasteiger partial charge in [-0.2, -0.15) is 0 Å². The number of hydrogen-bond donors (Lipinski definition) is 0. The van der Waals surface area contributed by atoms with Crippen molar-refractivity contribution in [1.82, 2.24) is 0 Å². The summed E-state index contributed by atoms with van der Waals surface area (Å²) >= 11 is 0. The van der Waals surface area contributed by atoms with Crippen LogP contribution in [0.15, 0.2) is 12.7 Å². The van der Waals surface area contributed by atoms with E-state index in [-0.39, 0.29) is 18.3 Å². The van der Waals surface area contributed by atoms with Gasteiger partial charge in [0.1, 0.15) is 18.3 Å². The van der Waals surface area contributed by atoms with Gasteiger partial charge in [-0.25, -0.2) is 4.79 Å². The van der Waals surface area contributed by atoms with Gasteiger partial charge in [0.2, 0.25) is 0 Å². The van der Waals surface area contributed by atoms with Gasteiger partial charge in [-0.05, 0) is 25.7 Å². The highest BCUT2D eigenvalue weighted by Gasteiger charge is 2.55. The Morgan fingerprint density at radius 1 is 1.00 bits per heavy atom. The van der Waals surface area contributed by atoms with Gasteiger partial charge in [0.15, 0.2) is 11.6 Å². The van der Waals surface area contributed by atoms with E-state index in [4.69, 9.17) is 28.4 Å². The molecule has 0 amide bonds. The number of esters is 1. The molecule has 0 aromatic heterocycles. The van der Waals surface area contributed by atoms with E-state index in [1.807, 2.05) is 0 Å². The molecular weight excluding hydrogens is 364 g/mol. The van der Waals surface area contributed by atoms with Crippen LogP contribution in [-0.2, 0) is 33.2 Å². The van der Waals surface area contributed by atoms with Crippen LogP contribution in [0.5, 0.6) is 0 Å². The zero-order chi connectivity index (χ0) is 19.5. The van der Waals surface area contributed by atoms with E-state index < -0.39 is 17.5 Å².